The summed E-state index contributed by atoms with van der Waals surface area (Å²) in [6, 6.07) is 10.5. The molecule has 0 unspecified atom stereocenters. The first-order valence-corrected chi connectivity index (χ1v) is 4.95. The topological polar surface area (TPSA) is 0 Å². The molecule has 0 amide bonds. The fourth-order valence-electron chi connectivity index (χ4n) is 1.13. The highest BCUT2D eigenvalue weighted by Gasteiger charge is 1.92. The van der Waals surface area contributed by atoms with Gasteiger partial charge in [-0.15, -0.1) is 0 Å². The van der Waals surface area contributed by atoms with Crippen LogP contribution in [0.4, 0.5) is 0 Å². The van der Waals surface area contributed by atoms with Gasteiger partial charge in [-0.3, -0.25) is 0 Å². The largest absolute Gasteiger partial charge is 0.0889 e. The Balaban J connectivity index is 2.29. The summed E-state index contributed by atoms with van der Waals surface area (Å²) in [5.41, 5.74) is 1.41. The summed E-state index contributed by atoms with van der Waals surface area (Å²) in [6.07, 6.45) is 3.38. The molecule has 0 N–H and O–H groups in total. The molecular formula is C11H13Br. The molecule has 12 heavy (non-hydrogen) atoms. The molecule has 0 atom stereocenters. The molecule has 1 aromatic carbocycles. The van der Waals surface area contributed by atoms with Gasteiger partial charge < -0.3 is 0 Å². The summed E-state index contributed by atoms with van der Waals surface area (Å²) in [5, 5.41) is 0. The van der Waals surface area contributed by atoms with Gasteiger partial charge in [-0.05, 0) is 29.3 Å². The molecule has 0 aliphatic carbocycles. The molecule has 1 rings (SSSR count). The number of rotatable bonds is 4. The number of aryl methyl sites for hydroxylation is 1. The van der Waals surface area contributed by atoms with E-state index in [1.54, 1.807) is 0 Å². The zero-order valence-electron chi connectivity index (χ0n) is 7.09. The predicted octanol–water partition coefficient (Wildman–Crippen LogP) is 3.92. The second-order valence-electron chi connectivity index (χ2n) is 2.86. The summed E-state index contributed by atoms with van der Waals surface area (Å²) in [4.78, 5) is 0. The minimum absolute atomic E-state index is 1.06. The van der Waals surface area contributed by atoms with Crippen molar-refractivity contribution in [1.82, 2.24) is 0 Å². The SMILES string of the molecule is C=C(Br)CCCc1ccccc1. The van der Waals surface area contributed by atoms with Crippen LogP contribution in [0.25, 0.3) is 0 Å². The highest BCUT2D eigenvalue weighted by atomic mass is 79.9. The van der Waals surface area contributed by atoms with Gasteiger partial charge in [0, 0.05) is 0 Å². The average molecular weight is 225 g/mol. The molecule has 0 spiro atoms. The first-order valence-electron chi connectivity index (χ1n) is 4.16. The highest BCUT2D eigenvalue weighted by molar-refractivity contribution is 9.11. The molecule has 0 aliphatic rings. The highest BCUT2D eigenvalue weighted by Crippen LogP contribution is 2.12. The van der Waals surface area contributed by atoms with Crippen LogP contribution < -0.4 is 0 Å². The van der Waals surface area contributed by atoms with Gasteiger partial charge in [0.05, 0.1) is 0 Å². The standard InChI is InChI=1S/C11H13Br/c1-10(12)6-5-9-11-7-3-2-4-8-11/h2-4,7-8H,1,5-6,9H2. The summed E-state index contributed by atoms with van der Waals surface area (Å²) < 4.78 is 1.10. The van der Waals surface area contributed by atoms with Crippen LogP contribution in [0.15, 0.2) is 41.4 Å². The van der Waals surface area contributed by atoms with Gasteiger partial charge in [0.25, 0.3) is 0 Å². The monoisotopic (exact) mass is 224 g/mol. The van der Waals surface area contributed by atoms with Gasteiger partial charge in [-0.1, -0.05) is 52.8 Å². The number of halogens is 1. The number of hydrogen-bond donors (Lipinski definition) is 0. The third kappa shape index (κ3) is 3.72. The van der Waals surface area contributed by atoms with E-state index in [9.17, 15) is 0 Å². The van der Waals surface area contributed by atoms with E-state index in [0.29, 0.717) is 0 Å². The van der Waals surface area contributed by atoms with Crippen LogP contribution in [0.3, 0.4) is 0 Å². The van der Waals surface area contributed by atoms with Crippen molar-refractivity contribution in [3.63, 3.8) is 0 Å². The summed E-state index contributed by atoms with van der Waals surface area (Å²) >= 11 is 3.35. The molecular weight excluding hydrogens is 212 g/mol. The zero-order chi connectivity index (χ0) is 8.81. The Morgan fingerprint density at radius 3 is 2.50 bits per heavy atom. The summed E-state index contributed by atoms with van der Waals surface area (Å²) in [6.45, 7) is 3.80. The quantitative estimate of drug-likeness (QED) is 0.728. The van der Waals surface area contributed by atoms with E-state index in [0.717, 1.165) is 17.3 Å². The maximum Gasteiger partial charge on any atom is -0.0121 e. The van der Waals surface area contributed by atoms with Crippen LogP contribution in [0.2, 0.25) is 0 Å². The van der Waals surface area contributed by atoms with Crippen LogP contribution in [-0.4, -0.2) is 0 Å². The molecule has 0 heterocycles. The van der Waals surface area contributed by atoms with Gasteiger partial charge in [0.15, 0.2) is 0 Å². The van der Waals surface area contributed by atoms with Gasteiger partial charge in [-0.25, -0.2) is 0 Å². The molecule has 0 nitrogen and oxygen atoms in total. The van der Waals surface area contributed by atoms with E-state index in [4.69, 9.17) is 0 Å². The minimum Gasteiger partial charge on any atom is -0.0889 e. The molecule has 1 heteroatoms. The maximum absolute atomic E-state index is 3.80. The van der Waals surface area contributed by atoms with Crippen molar-refractivity contribution in [2.24, 2.45) is 0 Å². The van der Waals surface area contributed by atoms with Gasteiger partial charge in [-0.2, -0.15) is 0 Å². The van der Waals surface area contributed by atoms with Crippen molar-refractivity contribution in [1.29, 1.82) is 0 Å². The zero-order valence-corrected chi connectivity index (χ0v) is 8.68. The lowest BCUT2D eigenvalue weighted by Gasteiger charge is -1.99. The molecule has 0 bridgehead atoms. The Labute approximate surface area is 82.4 Å². The normalized spacial score (nSPS) is 9.75. The first-order chi connectivity index (χ1) is 5.79. The van der Waals surface area contributed by atoms with Crippen LogP contribution in [-0.2, 0) is 6.42 Å². The Kier molecular flexibility index (Phi) is 4.09. The molecule has 0 saturated heterocycles. The van der Waals surface area contributed by atoms with Gasteiger partial charge in [0.2, 0.25) is 0 Å². The number of allylic oxidation sites excluding steroid dienone is 1. The molecule has 1 aromatic rings. The molecule has 0 fully saturated rings. The molecule has 0 radical (unpaired) electrons. The summed E-state index contributed by atoms with van der Waals surface area (Å²) in [5.74, 6) is 0. The van der Waals surface area contributed by atoms with E-state index >= 15 is 0 Å². The van der Waals surface area contributed by atoms with Gasteiger partial charge >= 0.3 is 0 Å². The third-order valence-electron chi connectivity index (χ3n) is 1.76. The molecule has 0 aromatic heterocycles. The fourth-order valence-corrected chi connectivity index (χ4v) is 1.41. The minimum atomic E-state index is 1.06. The van der Waals surface area contributed by atoms with Crippen LogP contribution >= 0.6 is 15.9 Å². The molecule has 0 saturated carbocycles. The Hall–Kier alpha value is -0.560. The van der Waals surface area contributed by atoms with Crippen LogP contribution in [0.5, 0.6) is 0 Å². The smallest absolute Gasteiger partial charge is 0.0121 e. The number of hydrogen-bond acceptors (Lipinski definition) is 0. The number of benzene rings is 1. The van der Waals surface area contributed by atoms with E-state index in [1.807, 2.05) is 6.07 Å². The van der Waals surface area contributed by atoms with E-state index < -0.39 is 0 Å². The predicted molar refractivity (Wildman–Crippen MR) is 57.4 cm³/mol. The van der Waals surface area contributed by atoms with E-state index in [2.05, 4.69) is 46.8 Å². The van der Waals surface area contributed by atoms with Crippen LogP contribution in [0.1, 0.15) is 18.4 Å². The summed E-state index contributed by atoms with van der Waals surface area (Å²) in [7, 11) is 0. The molecule has 0 aliphatic heterocycles. The van der Waals surface area contributed by atoms with Crippen molar-refractivity contribution >= 4 is 15.9 Å². The van der Waals surface area contributed by atoms with Crippen LogP contribution in [0, 0.1) is 0 Å². The lowest BCUT2D eigenvalue weighted by atomic mass is 10.1. The van der Waals surface area contributed by atoms with Crippen molar-refractivity contribution in [3.05, 3.63) is 47.0 Å². The van der Waals surface area contributed by atoms with Crippen molar-refractivity contribution < 1.29 is 0 Å². The first kappa shape index (κ1) is 9.53. The maximum atomic E-state index is 3.80. The second kappa shape index (κ2) is 5.15. The van der Waals surface area contributed by atoms with Crippen molar-refractivity contribution in [2.75, 3.05) is 0 Å². The van der Waals surface area contributed by atoms with Crippen molar-refractivity contribution in [2.45, 2.75) is 19.3 Å². The van der Waals surface area contributed by atoms with Crippen molar-refractivity contribution in [3.8, 4) is 0 Å². The molecule has 64 valence electrons. The van der Waals surface area contributed by atoms with E-state index in [-0.39, 0.29) is 0 Å². The second-order valence-corrected chi connectivity index (χ2v) is 3.98. The Bertz CT molecular complexity index is 238. The average Bonchev–Trinajstić information content (AvgIpc) is 2.05. The fraction of sp³-hybridized carbons (Fsp3) is 0.273. The lowest BCUT2D eigenvalue weighted by molar-refractivity contribution is 0.839. The lowest BCUT2D eigenvalue weighted by Crippen LogP contribution is -1.83. The Morgan fingerprint density at radius 1 is 1.25 bits per heavy atom. The van der Waals surface area contributed by atoms with E-state index in [1.165, 1.54) is 12.0 Å². The third-order valence-corrected chi connectivity index (χ3v) is 2.15. The Morgan fingerprint density at radius 2 is 1.92 bits per heavy atom. The van der Waals surface area contributed by atoms with Gasteiger partial charge in [0.1, 0.15) is 0 Å².